The monoisotopic (exact) mass is 196 g/mol. The molecule has 2 rings (SSSR count). The number of nitrogens with one attached hydrogen (secondary N) is 1. The Balaban J connectivity index is 2.08. The Morgan fingerprint density at radius 2 is 2.23 bits per heavy atom. The molecule has 0 unspecified atom stereocenters. The molecule has 0 bridgehead atoms. The van der Waals surface area contributed by atoms with Gasteiger partial charge in [-0.3, -0.25) is 0 Å². The minimum atomic E-state index is 0.863. The van der Waals surface area contributed by atoms with Crippen LogP contribution in [0, 0.1) is 17.6 Å². The lowest BCUT2D eigenvalue weighted by Gasteiger charge is -2.08. The second-order valence-corrected chi connectivity index (χ2v) is 4.43. The molecule has 1 aliphatic carbocycles. The maximum Gasteiger partial charge on any atom is 0.177 e. The number of hydrogen-bond acceptors (Lipinski definition) is 1. The minimum absolute atomic E-state index is 0.863. The van der Waals surface area contributed by atoms with Crippen LogP contribution in [0.4, 0.5) is 0 Å². The highest BCUT2D eigenvalue weighted by atomic mass is 32.1. The molecule has 1 aliphatic rings. The van der Waals surface area contributed by atoms with E-state index in [4.69, 9.17) is 12.2 Å². The van der Waals surface area contributed by atoms with Crippen molar-refractivity contribution in [1.29, 1.82) is 0 Å². The van der Waals surface area contributed by atoms with Crippen molar-refractivity contribution in [3.8, 4) is 0 Å². The van der Waals surface area contributed by atoms with Crippen molar-refractivity contribution in [2.75, 3.05) is 0 Å². The Morgan fingerprint density at radius 3 is 2.77 bits per heavy atom. The van der Waals surface area contributed by atoms with E-state index in [1.54, 1.807) is 0 Å². The molecule has 1 N–H and O–H groups in total. The molecule has 1 aromatic heterocycles. The molecule has 0 spiro atoms. The van der Waals surface area contributed by atoms with Gasteiger partial charge in [-0.05, 0) is 37.9 Å². The topological polar surface area (TPSA) is 20.7 Å². The molecule has 3 heteroatoms. The average molecular weight is 196 g/mol. The number of aromatic amines is 1. The van der Waals surface area contributed by atoms with Crippen molar-refractivity contribution in [2.45, 2.75) is 39.2 Å². The smallest absolute Gasteiger partial charge is 0.177 e. The molecule has 0 radical (unpaired) electrons. The standard InChI is InChI=1S/C10H16N2S/c1-8-6-12(10(13)11-8)7-9-4-2-3-5-9/h6,9H,2-5,7H2,1H3,(H,11,13). The van der Waals surface area contributed by atoms with Gasteiger partial charge < -0.3 is 9.55 Å². The van der Waals surface area contributed by atoms with Crippen LogP contribution in [0.1, 0.15) is 31.4 Å². The number of aromatic nitrogens is 2. The Morgan fingerprint density at radius 1 is 1.54 bits per heavy atom. The van der Waals surface area contributed by atoms with E-state index in [9.17, 15) is 0 Å². The van der Waals surface area contributed by atoms with Crippen molar-refractivity contribution in [3.63, 3.8) is 0 Å². The van der Waals surface area contributed by atoms with Crippen LogP contribution in [-0.4, -0.2) is 9.55 Å². The number of rotatable bonds is 2. The predicted octanol–water partition coefficient (Wildman–Crippen LogP) is 3.04. The van der Waals surface area contributed by atoms with Gasteiger partial charge in [-0.15, -0.1) is 0 Å². The van der Waals surface area contributed by atoms with Gasteiger partial charge in [0.2, 0.25) is 0 Å². The van der Waals surface area contributed by atoms with Gasteiger partial charge in [0, 0.05) is 18.4 Å². The summed E-state index contributed by atoms with van der Waals surface area (Å²) < 4.78 is 3.06. The van der Waals surface area contributed by atoms with Crippen molar-refractivity contribution in [2.24, 2.45) is 5.92 Å². The molecule has 1 saturated carbocycles. The van der Waals surface area contributed by atoms with E-state index >= 15 is 0 Å². The fourth-order valence-corrected chi connectivity index (χ4v) is 2.46. The molecule has 0 aliphatic heterocycles. The first-order chi connectivity index (χ1) is 6.25. The summed E-state index contributed by atoms with van der Waals surface area (Å²) in [6.07, 6.45) is 7.70. The van der Waals surface area contributed by atoms with Gasteiger partial charge in [0.15, 0.2) is 4.77 Å². The van der Waals surface area contributed by atoms with Crippen molar-refractivity contribution in [3.05, 3.63) is 16.7 Å². The highest BCUT2D eigenvalue weighted by Crippen LogP contribution is 2.26. The molecule has 0 amide bonds. The van der Waals surface area contributed by atoms with Crippen LogP contribution >= 0.6 is 12.2 Å². The second kappa shape index (κ2) is 3.66. The van der Waals surface area contributed by atoms with Gasteiger partial charge in [0.1, 0.15) is 0 Å². The predicted molar refractivity (Wildman–Crippen MR) is 56.3 cm³/mol. The first kappa shape index (κ1) is 9.00. The van der Waals surface area contributed by atoms with Crippen LogP contribution in [0.25, 0.3) is 0 Å². The van der Waals surface area contributed by atoms with E-state index in [1.165, 1.54) is 31.4 Å². The maximum absolute atomic E-state index is 5.21. The third-order valence-electron chi connectivity index (χ3n) is 2.84. The number of aryl methyl sites for hydroxylation is 1. The summed E-state index contributed by atoms with van der Waals surface area (Å²) in [6, 6.07) is 0. The number of hydrogen-bond donors (Lipinski definition) is 1. The summed E-state index contributed by atoms with van der Waals surface area (Å²) in [7, 11) is 0. The van der Waals surface area contributed by atoms with Crippen LogP contribution in [0.2, 0.25) is 0 Å². The molecule has 72 valence electrons. The zero-order valence-corrected chi connectivity index (χ0v) is 8.86. The van der Waals surface area contributed by atoms with Gasteiger partial charge in [-0.25, -0.2) is 0 Å². The summed E-state index contributed by atoms with van der Waals surface area (Å²) in [5, 5.41) is 0. The second-order valence-electron chi connectivity index (χ2n) is 4.05. The molecule has 0 atom stereocenters. The molecular weight excluding hydrogens is 180 g/mol. The van der Waals surface area contributed by atoms with E-state index < -0.39 is 0 Å². The van der Waals surface area contributed by atoms with Crippen LogP contribution in [0.3, 0.4) is 0 Å². The molecule has 13 heavy (non-hydrogen) atoms. The number of imidazole rings is 1. The highest BCUT2D eigenvalue weighted by Gasteiger charge is 2.15. The van der Waals surface area contributed by atoms with E-state index in [1.807, 2.05) is 0 Å². The number of nitrogens with zero attached hydrogens (tertiary/aromatic N) is 1. The third kappa shape index (κ3) is 2.02. The zero-order valence-electron chi connectivity index (χ0n) is 8.05. The van der Waals surface area contributed by atoms with Gasteiger partial charge in [0.05, 0.1) is 0 Å². The molecule has 0 aromatic carbocycles. The summed E-state index contributed by atoms with van der Waals surface area (Å²) in [4.78, 5) is 3.16. The minimum Gasteiger partial charge on any atom is -0.335 e. The lowest BCUT2D eigenvalue weighted by atomic mass is 10.1. The van der Waals surface area contributed by atoms with E-state index in [0.29, 0.717) is 0 Å². The fourth-order valence-electron chi connectivity index (χ4n) is 2.17. The SMILES string of the molecule is Cc1cn(CC2CCCC2)c(=S)[nH]1. The van der Waals surface area contributed by atoms with Gasteiger partial charge in [0.25, 0.3) is 0 Å². The lowest BCUT2D eigenvalue weighted by molar-refractivity contribution is 0.454. The molecule has 2 nitrogen and oxygen atoms in total. The quantitative estimate of drug-likeness (QED) is 0.721. The van der Waals surface area contributed by atoms with Crippen molar-refractivity contribution in [1.82, 2.24) is 9.55 Å². The zero-order chi connectivity index (χ0) is 9.26. The van der Waals surface area contributed by atoms with Crippen molar-refractivity contribution < 1.29 is 0 Å². The third-order valence-corrected chi connectivity index (χ3v) is 3.18. The number of H-pyrrole nitrogens is 1. The summed E-state index contributed by atoms with van der Waals surface area (Å²) in [5.74, 6) is 0.863. The van der Waals surface area contributed by atoms with E-state index in [-0.39, 0.29) is 0 Å². The normalized spacial score (nSPS) is 18.2. The van der Waals surface area contributed by atoms with E-state index in [0.717, 1.165) is 17.2 Å². The van der Waals surface area contributed by atoms with Gasteiger partial charge >= 0.3 is 0 Å². The first-order valence-electron chi connectivity index (χ1n) is 5.02. The van der Waals surface area contributed by atoms with E-state index in [2.05, 4.69) is 22.7 Å². The largest absolute Gasteiger partial charge is 0.335 e. The Bertz CT molecular complexity index is 331. The first-order valence-corrected chi connectivity index (χ1v) is 5.42. The molecule has 0 saturated heterocycles. The van der Waals surface area contributed by atoms with Gasteiger partial charge in [-0.1, -0.05) is 12.8 Å². The van der Waals surface area contributed by atoms with Gasteiger partial charge in [-0.2, -0.15) is 0 Å². The van der Waals surface area contributed by atoms with Crippen LogP contribution in [0.15, 0.2) is 6.20 Å². The van der Waals surface area contributed by atoms with Crippen LogP contribution in [0.5, 0.6) is 0 Å². The summed E-state index contributed by atoms with van der Waals surface area (Å²) in [5.41, 5.74) is 1.17. The Labute approximate surface area is 84.0 Å². The molecule has 1 heterocycles. The molecular formula is C10H16N2S. The molecule has 1 aromatic rings. The van der Waals surface area contributed by atoms with Crippen LogP contribution < -0.4 is 0 Å². The van der Waals surface area contributed by atoms with Crippen molar-refractivity contribution >= 4 is 12.2 Å². The lowest BCUT2D eigenvalue weighted by Crippen LogP contribution is -2.06. The maximum atomic E-state index is 5.21. The highest BCUT2D eigenvalue weighted by molar-refractivity contribution is 7.71. The van der Waals surface area contributed by atoms with Crippen LogP contribution in [-0.2, 0) is 6.54 Å². The average Bonchev–Trinajstić information content (AvgIpc) is 2.63. The summed E-state index contributed by atoms with van der Waals surface area (Å²) in [6.45, 7) is 3.17. The Hall–Kier alpha value is -0.570. The fraction of sp³-hybridized carbons (Fsp3) is 0.700. The Kier molecular flexibility index (Phi) is 2.54. The molecule has 1 fully saturated rings. The summed E-state index contributed by atoms with van der Waals surface area (Å²) >= 11 is 5.21.